The lowest BCUT2D eigenvalue weighted by Crippen LogP contribution is -2.12. The molecule has 2 heteroatoms. The molecule has 0 radical (unpaired) electrons. The maximum atomic E-state index is 3.92. The van der Waals surface area contributed by atoms with Gasteiger partial charge >= 0.3 is 0 Å². The Kier molecular flexibility index (Phi) is 5.80. The van der Waals surface area contributed by atoms with E-state index in [1.807, 2.05) is 29.1 Å². The van der Waals surface area contributed by atoms with Gasteiger partial charge in [0.2, 0.25) is 0 Å². The zero-order valence-electron chi connectivity index (χ0n) is 8.39. The summed E-state index contributed by atoms with van der Waals surface area (Å²) in [5.74, 6) is 0. The van der Waals surface area contributed by atoms with Gasteiger partial charge in [0.1, 0.15) is 0 Å². The van der Waals surface area contributed by atoms with E-state index in [2.05, 4.69) is 37.0 Å². The third-order valence-corrected chi connectivity index (χ3v) is 2.65. The van der Waals surface area contributed by atoms with Crippen LogP contribution in [0.5, 0.6) is 0 Å². The Morgan fingerprint density at radius 2 is 2.08 bits per heavy atom. The summed E-state index contributed by atoms with van der Waals surface area (Å²) in [7, 11) is 0. The van der Waals surface area contributed by atoms with E-state index in [0.717, 1.165) is 0 Å². The summed E-state index contributed by atoms with van der Waals surface area (Å²) in [5, 5.41) is 0. The first-order valence-electron chi connectivity index (χ1n) is 4.36. The topological polar surface area (TPSA) is 12.4 Å². The highest BCUT2D eigenvalue weighted by molar-refractivity contribution is 14.1. The van der Waals surface area contributed by atoms with Crippen molar-refractivity contribution in [2.24, 2.45) is 8.62 Å². The molecule has 0 bridgehead atoms. The number of hydrogen-bond donors (Lipinski definition) is 0. The molecule has 12 heavy (non-hydrogen) atoms. The molecule has 1 nitrogen and oxygen atoms in total. The van der Waals surface area contributed by atoms with Crippen LogP contribution in [0.25, 0.3) is 0 Å². The van der Waals surface area contributed by atoms with Gasteiger partial charge in [-0.05, 0) is 24.8 Å². The first kappa shape index (κ1) is 12.1. The van der Waals surface area contributed by atoms with Crippen molar-refractivity contribution in [3.8, 4) is 0 Å². The fourth-order valence-electron chi connectivity index (χ4n) is 1.19. The van der Waals surface area contributed by atoms with Crippen LogP contribution in [-0.4, -0.2) is 6.21 Å². The molecule has 0 rings (SSSR count). The predicted molar refractivity (Wildman–Crippen MR) is 65.0 cm³/mol. The Balaban J connectivity index is 4.32. The Hall–Kier alpha value is 0.140. The lowest BCUT2D eigenvalue weighted by molar-refractivity contribution is 0.403. The lowest BCUT2D eigenvalue weighted by atomic mass is 9.81. The van der Waals surface area contributed by atoms with Crippen LogP contribution < -0.4 is 0 Å². The van der Waals surface area contributed by atoms with Gasteiger partial charge in [0, 0.05) is 6.21 Å². The molecule has 0 aromatic heterocycles. The Morgan fingerprint density at radius 3 is 2.50 bits per heavy atom. The average molecular weight is 279 g/mol. The summed E-state index contributed by atoms with van der Waals surface area (Å²) >= 11 is 2.00. The first-order valence-corrected chi connectivity index (χ1v) is 5.32. The zero-order chi connectivity index (χ0) is 9.61. The van der Waals surface area contributed by atoms with E-state index in [1.165, 1.54) is 18.4 Å². The van der Waals surface area contributed by atoms with Gasteiger partial charge in [0.05, 0.1) is 22.9 Å². The van der Waals surface area contributed by atoms with E-state index in [0.29, 0.717) is 5.41 Å². The molecule has 0 atom stereocenters. The minimum Gasteiger partial charge on any atom is -0.223 e. The predicted octanol–water partition coefficient (Wildman–Crippen LogP) is 4.18. The summed E-state index contributed by atoms with van der Waals surface area (Å²) in [5.41, 5.74) is 1.73. The van der Waals surface area contributed by atoms with Crippen LogP contribution in [0.4, 0.5) is 0 Å². The van der Waals surface area contributed by atoms with Crippen molar-refractivity contribution in [2.45, 2.75) is 40.5 Å². The second-order valence-electron chi connectivity index (χ2n) is 3.73. The second-order valence-corrected chi connectivity index (χ2v) is 4.29. The van der Waals surface area contributed by atoms with Crippen LogP contribution in [0.2, 0.25) is 0 Å². The van der Waals surface area contributed by atoms with Crippen molar-refractivity contribution in [2.75, 3.05) is 0 Å². The van der Waals surface area contributed by atoms with Crippen molar-refractivity contribution >= 4 is 29.1 Å². The van der Waals surface area contributed by atoms with Gasteiger partial charge in [-0.3, -0.25) is 0 Å². The van der Waals surface area contributed by atoms with Gasteiger partial charge in [0.15, 0.2) is 0 Å². The Morgan fingerprint density at radius 1 is 1.50 bits per heavy atom. The van der Waals surface area contributed by atoms with E-state index in [1.54, 1.807) is 0 Å². The van der Waals surface area contributed by atoms with E-state index in [9.17, 15) is 0 Å². The molecule has 0 aromatic carbocycles. The summed E-state index contributed by atoms with van der Waals surface area (Å²) in [6.45, 7) is 8.96. The second kappa shape index (κ2) is 5.73. The minimum atomic E-state index is 0.326. The van der Waals surface area contributed by atoms with E-state index >= 15 is 0 Å². The molecule has 0 amide bonds. The molecule has 0 saturated heterocycles. The molecule has 70 valence electrons. The molecule has 0 fully saturated rings. The molecule has 0 heterocycles. The van der Waals surface area contributed by atoms with Crippen LogP contribution >= 0.6 is 22.9 Å². The van der Waals surface area contributed by atoms with Crippen LogP contribution in [0.3, 0.4) is 0 Å². The van der Waals surface area contributed by atoms with E-state index in [-0.39, 0.29) is 0 Å². The van der Waals surface area contributed by atoms with Crippen molar-refractivity contribution < 1.29 is 0 Å². The number of hydrogen-bond acceptors (Lipinski definition) is 1. The van der Waals surface area contributed by atoms with Crippen LogP contribution in [0, 0.1) is 5.41 Å². The van der Waals surface area contributed by atoms with E-state index < -0.39 is 0 Å². The molecule has 0 N–H and O–H groups in total. The number of nitrogens with zero attached hydrogens (tertiary/aromatic N) is 1. The van der Waals surface area contributed by atoms with Gasteiger partial charge in [-0.1, -0.05) is 32.8 Å². The maximum absolute atomic E-state index is 3.92. The third kappa shape index (κ3) is 4.24. The molecule has 0 aliphatic carbocycles. The molecule has 0 aromatic rings. The van der Waals surface area contributed by atoms with Crippen molar-refractivity contribution in [3.63, 3.8) is 0 Å². The van der Waals surface area contributed by atoms with E-state index in [4.69, 9.17) is 0 Å². The highest BCUT2D eigenvalue weighted by Gasteiger charge is 2.17. The average Bonchev–Trinajstić information content (AvgIpc) is 2.00. The summed E-state index contributed by atoms with van der Waals surface area (Å²) in [6.07, 6.45) is 6.43. The zero-order valence-corrected chi connectivity index (χ0v) is 10.6. The monoisotopic (exact) mass is 279 g/mol. The Labute approximate surface area is 89.8 Å². The summed E-state index contributed by atoms with van der Waals surface area (Å²) < 4.78 is 3.92. The lowest BCUT2D eigenvalue weighted by Gasteiger charge is -2.24. The van der Waals surface area contributed by atoms with Gasteiger partial charge in [-0.25, -0.2) is 3.21 Å². The standard InChI is InChI=1S/C10H18IN/c1-5-7-10(3,4)9(2)6-8-12-11/h6,8H,5,7H2,1-4H3. The highest BCUT2D eigenvalue weighted by Crippen LogP contribution is 2.30. The third-order valence-electron chi connectivity index (χ3n) is 2.32. The molecule has 0 unspecified atom stereocenters. The highest BCUT2D eigenvalue weighted by atomic mass is 127. The summed E-state index contributed by atoms with van der Waals surface area (Å²) in [4.78, 5) is 0. The van der Waals surface area contributed by atoms with Gasteiger partial charge in [-0.15, -0.1) is 0 Å². The van der Waals surface area contributed by atoms with Gasteiger partial charge < -0.3 is 0 Å². The normalized spacial score (nSPS) is 14.2. The van der Waals surface area contributed by atoms with Crippen LogP contribution in [0.1, 0.15) is 40.5 Å². The number of allylic oxidation sites excluding steroid dienone is 2. The van der Waals surface area contributed by atoms with Gasteiger partial charge in [-0.2, -0.15) is 0 Å². The SMILES string of the molecule is CCCC(C)(C)C(C)=CC=NI. The molecule has 0 saturated carbocycles. The smallest absolute Gasteiger partial charge is 0.0830 e. The minimum absolute atomic E-state index is 0.326. The molecular weight excluding hydrogens is 261 g/mol. The van der Waals surface area contributed by atoms with Gasteiger partial charge in [0.25, 0.3) is 0 Å². The fourth-order valence-corrected chi connectivity index (χ4v) is 1.35. The maximum Gasteiger partial charge on any atom is 0.0830 e. The fraction of sp³-hybridized carbons (Fsp3) is 0.700. The van der Waals surface area contributed by atoms with Crippen LogP contribution in [-0.2, 0) is 0 Å². The van der Waals surface area contributed by atoms with Crippen molar-refractivity contribution in [1.29, 1.82) is 0 Å². The first-order chi connectivity index (χ1) is 5.54. The van der Waals surface area contributed by atoms with Crippen LogP contribution in [0.15, 0.2) is 14.9 Å². The van der Waals surface area contributed by atoms with Crippen molar-refractivity contribution in [3.05, 3.63) is 11.6 Å². The molecular formula is C10H18IN. The number of rotatable bonds is 4. The Bertz CT molecular complexity index is 180. The molecule has 0 aliphatic heterocycles. The molecule has 0 aliphatic rings. The summed E-state index contributed by atoms with van der Waals surface area (Å²) in [6, 6.07) is 0. The number of halogens is 1. The molecule has 0 spiro atoms. The van der Waals surface area contributed by atoms with Crippen molar-refractivity contribution in [1.82, 2.24) is 0 Å². The largest absolute Gasteiger partial charge is 0.223 e. The quantitative estimate of drug-likeness (QED) is 0.540.